The maximum absolute atomic E-state index is 13.6. The summed E-state index contributed by atoms with van der Waals surface area (Å²) in [5.74, 6) is -0.808. The number of hydrogen-bond donors (Lipinski definition) is 1. The summed E-state index contributed by atoms with van der Waals surface area (Å²) in [6, 6.07) is 3.61. The first kappa shape index (κ1) is 14.9. The van der Waals surface area contributed by atoms with Crippen molar-refractivity contribution in [1.82, 2.24) is 4.31 Å². The van der Waals surface area contributed by atoms with Gasteiger partial charge in [0.05, 0.1) is 0 Å². The van der Waals surface area contributed by atoms with E-state index in [0.29, 0.717) is 6.54 Å². The van der Waals surface area contributed by atoms with Crippen LogP contribution in [0, 0.1) is 5.82 Å². The summed E-state index contributed by atoms with van der Waals surface area (Å²) in [6.07, 6.45) is 2.72. The molecule has 1 aromatic rings. The molecule has 0 atom stereocenters. The zero-order chi connectivity index (χ0) is 13.8. The third-order valence-electron chi connectivity index (χ3n) is 2.72. The number of benzene rings is 1. The van der Waals surface area contributed by atoms with Crippen molar-refractivity contribution < 1.29 is 12.8 Å². The maximum Gasteiger partial charge on any atom is 0.245 e. The van der Waals surface area contributed by atoms with E-state index in [1.807, 2.05) is 6.92 Å². The molecule has 0 heterocycles. The molecule has 0 bridgehead atoms. The normalized spacial score (nSPS) is 12.0. The van der Waals surface area contributed by atoms with Crippen molar-refractivity contribution in [2.75, 3.05) is 19.3 Å². The van der Waals surface area contributed by atoms with Crippen molar-refractivity contribution in [2.24, 2.45) is 0 Å². The lowest BCUT2D eigenvalue weighted by atomic mass is 10.2. The van der Waals surface area contributed by atoms with E-state index in [0.717, 1.165) is 25.3 Å². The van der Waals surface area contributed by atoms with Crippen molar-refractivity contribution in [3.8, 4) is 0 Å². The molecule has 102 valence electrons. The van der Waals surface area contributed by atoms with Crippen LogP contribution in [-0.2, 0) is 10.0 Å². The first-order valence-electron chi connectivity index (χ1n) is 5.91. The molecule has 0 unspecified atom stereocenters. The van der Waals surface area contributed by atoms with Crippen LogP contribution in [-0.4, -0.2) is 26.3 Å². The summed E-state index contributed by atoms with van der Waals surface area (Å²) in [5.41, 5.74) is 5.61. The minimum absolute atomic E-state index is 0.208. The van der Waals surface area contributed by atoms with Crippen molar-refractivity contribution in [3.63, 3.8) is 0 Å². The van der Waals surface area contributed by atoms with E-state index in [4.69, 9.17) is 5.73 Å². The van der Waals surface area contributed by atoms with Crippen molar-refractivity contribution >= 4 is 15.7 Å². The van der Waals surface area contributed by atoms with Crippen LogP contribution in [0.4, 0.5) is 10.1 Å². The predicted octanol–water partition coefficient (Wildman–Crippen LogP) is 2.22. The van der Waals surface area contributed by atoms with Gasteiger partial charge in [0.1, 0.15) is 10.7 Å². The fourth-order valence-corrected chi connectivity index (χ4v) is 2.85. The molecule has 0 aliphatic rings. The van der Waals surface area contributed by atoms with Crippen LogP contribution >= 0.6 is 0 Å². The second kappa shape index (κ2) is 6.15. The first-order chi connectivity index (χ1) is 8.39. The molecule has 1 aromatic carbocycles. The minimum Gasteiger partial charge on any atom is -0.399 e. The Bertz CT molecular complexity index is 503. The zero-order valence-electron chi connectivity index (χ0n) is 10.7. The van der Waals surface area contributed by atoms with Crippen molar-refractivity contribution in [3.05, 3.63) is 24.0 Å². The molecule has 6 heteroatoms. The Morgan fingerprint density at radius 1 is 1.33 bits per heavy atom. The number of sulfonamides is 1. The lowest BCUT2D eigenvalue weighted by Gasteiger charge is -2.17. The first-order valence-corrected chi connectivity index (χ1v) is 7.35. The Labute approximate surface area is 108 Å². The molecule has 0 saturated heterocycles. The highest BCUT2D eigenvalue weighted by molar-refractivity contribution is 7.89. The number of halogens is 1. The number of anilines is 1. The summed E-state index contributed by atoms with van der Waals surface area (Å²) >= 11 is 0. The average molecular weight is 274 g/mol. The van der Waals surface area contributed by atoms with Crippen LogP contribution in [0.1, 0.15) is 26.2 Å². The highest BCUT2D eigenvalue weighted by atomic mass is 32.2. The van der Waals surface area contributed by atoms with Gasteiger partial charge >= 0.3 is 0 Å². The Balaban J connectivity index is 2.91. The van der Waals surface area contributed by atoms with Gasteiger partial charge in [0, 0.05) is 19.3 Å². The second-order valence-electron chi connectivity index (χ2n) is 4.22. The van der Waals surface area contributed by atoms with Gasteiger partial charge in [-0.1, -0.05) is 19.8 Å². The van der Waals surface area contributed by atoms with Gasteiger partial charge < -0.3 is 5.73 Å². The van der Waals surface area contributed by atoms with Gasteiger partial charge in [-0.15, -0.1) is 0 Å². The van der Waals surface area contributed by atoms with E-state index in [9.17, 15) is 12.8 Å². The van der Waals surface area contributed by atoms with Crippen LogP contribution in [0.3, 0.4) is 0 Å². The summed E-state index contributed by atoms with van der Waals surface area (Å²) < 4.78 is 39.0. The molecule has 2 N–H and O–H groups in total. The summed E-state index contributed by atoms with van der Waals surface area (Å²) in [7, 11) is -2.30. The number of unbranched alkanes of at least 4 members (excludes halogenated alkanes) is 2. The van der Waals surface area contributed by atoms with Crippen LogP contribution in [0.5, 0.6) is 0 Å². The number of nitrogens with zero attached hydrogens (tertiary/aromatic N) is 1. The summed E-state index contributed by atoms with van der Waals surface area (Å²) in [5, 5.41) is 0. The van der Waals surface area contributed by atoms with Crippen LogP contribution < -0.4 is 5.73 Å². The second-order valence-corrected chi connectivity index (χ2v) is 6.24. The number of rotatable bonds is 6. The standard InChI is InChI=1S/C12H19FN2O2S/c1-3-4-5-8-15(2)18(16,17)12-7-6-10(14)9-11(12)13/h6-7,9H,3-5,8,14H2,1-2H3. The Morgan fingerprint density at radius 3 is 2.56 bits per heavy atom. The largest absolute Gasteiger partial charge is 0.399 e. The quantitative estimate of drug-likeness (QED) is 0.639. The summed E-state index contributed by atoms with van der Waals surface area (Å²) in [4.78, 5) is -0.323. The fourth-order valence-electron chi connectivity index (χ4n) is 1.60. The predicted molar refractivity (Wildman–Crippen MR) is 70.2 cm³/mol. The third kappa shape index (κ3) is 3.43. The van der Waals surface area contributed by atoms with E-state index in [1.54, 1.807) is 0 Å². The highest BCUT2D eigenvalue weighted by Gasteiger charge is 2.23. The minimum atomic E-state index is -3.76. The average Bonchev–Trinajstić information content (AvgIpc) is 2.28. The van der Waals surface area contributed by atoms with Gasteiger partial charge in [0.25, 0.3) is 0 Å². The van der Waals surface area contributed by atoms with Crippen molar-refractivity contribution in [1.29, 1.82) is 0 Å². The Kier molecular flexibility index (Phi) is 5.10. The molecular formula is C12H19FN2O2S. The SMILES string of the molecule is CCCCCN(C)S(=O)(=O)c1ccc(N)cc1F. The third-order valence-corrected chi connectivity index (χ3v) is 4.61. The van der Waals surface area contributed by atoms with Gasteiger partial charge in [-0.3, -0.25) is 0 Å². The van der Waals surface area contributed by atoms with Gasteiger partial charge in [-0.05, 0) is 24.6 Å². The molecule has 0 fully saturated rings. The molecule has 0 aliphatic carbocycles. The molecule has 4 nitrogen and oxygen atoms in total. The van der Waals surface area contributed by atoms with E-state index in [-0.39, 0.29) is 10.6 Å². The number of nitrogen functional groups attached to an aromatic ring is 1. The smallest absolute Gasteiger partial charge is 0.245 e. The van der Waals surface area contributed by atoms with Crippen molar-refractivity contribution in [2.45, 2.75) is 31.1 Å². The summed E-state index contributed by atoms with van der Waals surface area (Å²) in [6.45, 7) is 2.42. The number of nitrogens with two attached hydrogens (primary N) is 1. The van der Waals surface area contributed by atoms with Gasteiger partial charge in [-0.25, -0.2) is 17.1 Å². The van der Waals surface area contributed by atoms with Gasteiger partial charge in [0.2, 0.25) is 10.0 Å². The lowest BCUT2D eigenvalue weighted by Crippen LogP contribution is -2.28. The molecule has 0 aromatic heterocycles. The molecule has 0 amide bonds. The van der Waals surface area contributed by atoms with Gasteiger partial charge in [0.15, 0.2) is 0 Å². The molecule has 0 saturated carbocycles. The maximum atomic E-state index is 13.6. The van der Waals surface area contributed by atoms with Crippen LogP contribution in [0.15, 0.2) is 23.1 Å². The molecule has 18 heavy (non-hydrogen) atoms. The van der Waals surface area contributed by atoms with Crippen LogP contribution in [0.25, 0.3) is 0 Å². The van der Waals surface area contributed by atoms with E-state index in [1.165, 1.54) is 23.5 Å². The molecule has 0 spiro atoms. The number of hydrogen-bond acceptors (Lipinski definition) is 3. The Morgan fingerprint density at radius 2 is 2.00 bits per heavy atom. The van der Waals surface area contributed by atoms with E-state index in [2.05, 4.69) is 0 Å². The highest BCUT2D eigenvalue weighted by Crippen LogP contribution is 2.20. The van der Waals surface area contributed by atoms with E-state index >= 15 is 0 Å². The molecular weight excluding hydrogens is 255 g/mol. The Hall–Kier alpha value is -1.14. The lowest BCUT2D eigenvalue weighted by molar-refractivity contribution is 0.449. The molecule has 1 rings (SSSR count). The monoisotopic (exact) mass is 274 g/mol. The van der Waals surface area contributed by atoms with Gasteiger partial charge in [-0.2, -0.15) is 0 Å². The fraction of sp³-hybridized carbons (Fsp3) is 0.500. The zero-order valence-corrected chi connectivity index (χ0v) is 11.5. The molecule has 0 aliphatic heterocycles. The molecule has 0 radical (unpaired) electrons. The topological polar surface area (TPSA) is 63.4 Å². The van der Waals surface area contributed by atoms with Crippen LogP contribution in [0.2, 0.25) is 0 Å². The van der Waals surface area contributed by atoms with E-state index < -0.39 is 15.8 Å².